The van der Waals surface area contributed by atoms with Crippen LogP contribution in [-0.2, 0) is 11.3 Å². The average Bonchev–Trinajstić information content (AvgIpc) is 2.51. The molecule has 0 aliphatic heterocycles. The second kappa shape index (κ2) is 7.34. The Kier molecular flexibility index (Phi) is 5.41. The Bertz CT molecular complexity index is 777. The van der Waals surface area contributed by atoms with Crippen molar-refractivity contribution in [2.24, 2.45) is 0 Å². The number of carbonyl (C=O) groups is 1. The highest BCUT2D eigenvalue weighted by molar-refractivity contribution is 5.69. The molecule has 0 bridgehead atoms. The zero-order valence-electron chi connectivity index (χ0n) is 14.8. The quantitative estimate of drug-likeness (QED) is 0.650. The number of alkyl carbamates (subject to hydrolysis) is 1. The van der Waals surface area contributed by atoms with E-state index in [4.69, 9.17) is 4.74 Å². The molecule has 6 heteroatoms. The lowest BCUT2D eigenvalue weighted by molar-refractivity contribution is -0.384. The molecule has 0 atom stereocenters. The SMILES string of the molecule is Cc1cc(CNC(=O)OC(C)(C)C)ccc1-c1ccc([N+](=O)[O-])cc1. The number of amides is 1. The van der Waals surface area contributed by atoms with Crippen molar-refractivity contribution >= 4 is 11.8 Å². The molecule has 0 aliphatic carbocycles. The number of benzene rings is 2. The minimum Gasteiger partial charge on any atom is -0.444 e. The van der Waals surface area contributed by atoms with Crippen molar-refractivity contribution < 1.29 is 14.5 Å². The maximum Gasteiger partial charge on any atom is 0.407 e. The van der Waals surface area contributed by atoms with Gasteiger partial charge in [-0.25, -0.2) is 4.79 Å². The van der Waals surface area contributed by atoms with Gasteiger partial charge < -0.3 is 10.1 Å². The summed E-state index contributed by atoms with van der Waals surface area (Å²) in [5.74, 6) is 0. The maximum atomic E-state index is 11.7. The van der Waals surface area contributed by atoms with Gasteiger partial charge in [-0.3, -0.25) is 10.1 Å². The van der Waals surface area contributed by atoms with Gasteiger partial charge in [0.2, 0.25) is 0 Å². The number of carbonyl (C=O) groups excluding carboxylic acids is 1. The van der Waals surface area contributed by atoms with E-state index in [1.807, 2.05) is 45.9 Å². The molecule has 0 saturated heterocycles. The third-order valence-electron chi connectivity index (χ3n) is 3.52. The van der Waals surface area contributed by atoms with Crippen molar-refractivity contribution in [3.8, 4) is 11.1 Å². The van der Waals surface area contributed by atoms with Gasteiger partial charge in [-0.2, -0.15) is 0 Å². The molecule has 0 fully saturated rings. The molecular formula is C19H22N2O4. The van der Waals surface area contributed by atoms with Crippen LogP contribution in [0.5, 0.6) is 0 Å². The van der Waals surface area contributed by atoms with Crippen LogP contribution in [0, 0.1) is 17.0 Å². The van der Waals surface area contributed by atoms with Crippen LogP contribution in [0.4, 0.5) is 10.5 Å². The third-order valence-corrected chi connectivity index (χ3v) is 3.52. The van der Waals surface area contributed by atoms with Gasteiger partial charge in [-0.1, -0.05) is 18.2 Å². The van der Waals surface area contributed by atoms with Crippen LogP contribution in [0.2, 0.25) is 0 Å². The lowest BCUT2D eigenvalue weighted by atomic mass is 9.98. The van der Waals surface area contributed by atoms with E-state index in [2.05, 4.69) is 5.32 Å². The summed E-state index contributed by atoms with van der Waals surface area (Å²) in [7, 11) is 0. The molecule has 1 N–H and O–H groups in total. The predicted octanol–water partition coefficient (Wildman–Crippen LogP) is 4.59. The summed E-state index contributed by atoms with van der Waals surface area (Å²) in [4.78, 5) is 22.0. The largest absolute Gasteiger partial charge is 0.444 e. The van der Waals surface area contributed by atoms with Crippen molar-refractivity contribution in [1.82, 2.24) is 5.32 Å². The number of hydrogen-bond donors (Lipinski definition) is 1. The fourth-order valence-corrected chi connectivity index (χ4v) is 2.41. The summed E-state index contributed by atoms with van der Waals surface area (Å²) in [6.45, 7) is 7.78. The number of rotatable bonds is 4. The van der Waals surface area contributed by atoms with Crippen molar-refractivity contribution in [2.75, 3.05) is 0 Å². The van der Waals surface area contributed by atoms with E-state index in [0.717, 1.165) is 22.3 Å². The molecule has 0 aromatic heterocycles. The van der Waals surface area contributed by atoms with Gasteiger partial charge in [0.25, 0.3) is 5.69 Å². The summed E-state index contributed by atoms with van der Waals surface area (Å²) in [5.41, 5.74) is 3.43. The third kappa shape index (κ3) is 5.31. The smallest absolute Gasteiger partial charge is 0.407 e. The number of nitrogens with one attached hydrogen (secondary N) is 1. The van der Waals surface area contributed by atoms with Gasteiger partial charge in [0.1, 0.15) is 5.60 Å². The number of nitrogens with zero attached hydrogens (tertiary/aromatic N) is 1. The molecule has 0 saturated carbocycles. The van der Waals surface area contributed by atoms with E-state index in [-0.39, 0.29) is 5.69 Å². The molecule has 2 aromatic carbocycles. The summed E-state index contributed by atoms with van der Waals surface area (Å²) in [5, 5.41) is 13.5. The Hall–Kier alpha value is -2.89. The van der Waals surface area contributed by atoms with Gasteiger partial charge in [-0.15, -0.1) is 0 Å². The summed E-state index contributed by atoms with van der Waals surface area (Å²) < 4.78 is 5.21. The van der Waals surface area contributed by atoms with Crippen LogP contribution in [0.15, 0.2) is 42.5 Å². The van der Waals surface area contributed by atoms with E-state index in [9.17, 15) is 14.9 Å². The minimum absolute atomic E-state index is 0.0691. The van der Waals surface area contributed by atoms with Crippen LogP contribution >= 0.6 is 0 Å². The Morgan fingerprint density at radius 3 is 2.32 bits per heavy atom. The van der Waals surface area contributed by atoms with Crippen molar-refractivity contribution in [2.45, 2.75) is 39.8 Å². The van der Waals surface area contributed by atoms with E-state index in [1.165, 1.54) is 12.1 Å². The average molecular weight is 342 g/mol. The number of ether oxygens (including phenoxy) is 1. The zero-order valence-corrected chi connectivity index (χ0v) is 14.8. The van der Waals surface area contributed by atoms with Crippen molar-refractivity contribution in [3.05, 3.63) is 63.7 Å². The summed E-state index contributed by atoms with van der Waals surface area (Å²) >= 11 is 0. The fourth-order valence-electron chi connectivity index (χ4n) is 2.41. The predicted molar refractivity (Wildman–Crippen MR) is 96.3 cm³/mol. The first-order valence-electron chi connectivity index (χ1n) is 7.97. The van der Waals surface area contributed by atoms with Gasteiger partial charge in [0.15, 0.2) is 0 Å². The lowest BCUT2D eigenvalue weighted by Gasteiger charge is -2.19. The number of hydrogen-bond acceptors (Lipinski definition) is 4. The number of aryl methyl sites for hydroxylation is 1. The minimum atomic E-state index is -0.528. The number of non-ortho nitro benzene ring substituents is 1. The molecule has 132 valence electrons. The van der Waals surface area contributed by atoms with Crippen molar-refractivity contribution in [3.63, 3.8) is 0 Å². The Morgan fingerprint density at radius 1 is 1.16 bits per heavy atom. The number of nitro benzene ring substituents is 1. The van der Waals surface area contributed by atoms with Gasteiger partial charge in [0, 0.05) is 18.7 Å². The van der Waals surface area contributed by atoms with Gasteiger partial charge in [0.05, 0.1) is 4.92 Å². The second-order valence-electron chi connectivity index (χ2n) is 6.81. The summed E-state index contributed by atoms with van der Waals surface area (Å²) in [6, 6.07) is 12.3. The fraction of sp³-hybridized carbons (Fsp3) is 0.316. The first kappa shape index (κ1) is 18.4. The van der Waals surface area contributed by atoms with Crippen LogP contribution in [-0.4, -0.2) is 16.6 Å². The highest BCUT2D eigenvalue weighted by Gasteiger charge is 2.15. The first-order valence-corrected chi connectivity index (χ1v) is 7.97. The van der Waals surface area contributed by atoms with E-state index in [1.54, 1.807) is 12.1 Å². The Labute approximate surface area is 147 Å². The Morgan fingerprint density at radius 2 is 1.80 bits per heavy atom. The van der Waals surface area contributed by atoms with E-state index < -0.39 is 16.6 Å². The van der Waals surface area contributed by atoms with Gasteiger partial charge >= 0.3 is 6.09 Å². The summed E-state index contributed by atoms with van der Waals surface area (Å²) in [6.07, 6.45) is -0.454. The van der Waals surface area contributed by atoms with Crippen LogP contribution in [0.1, 0.15) is 31.9 Å². The van der Waals surface area contributed by atoms with Gasteiger partial charge in [-0.05, 0) is 62.1 Å². The monoisotopic (exact) mass is 342 g/mol. The van der Waals surface area contributed by atoms with Crippen molar-refractivity contribution in [1.29, 1.82) is 0 Å². The topological polar surface area (TPSA) is 81.5 Å². The van der Waals surface area contributed by atoms with Crippen LogP contribution in [0.25, 0.3) is 11.1 Å². The number of nitro groups is 1. The van der Waals surface area contributed by atoms with E-state index in [0.29, 0.717) is 6.54 Å². The Balaban J connectivity index is 2.07. The molecule has 0 aliphatic rings. The molecule has 0 unspecified atom stereocenters. The van der Waals surface area contributed by atoms with Crippen LogP contribution in [0.3, 0.4) is 0 Å². The van der Waals surface area contributed by atoms with E-state index >= 15 is 0 Å². The molecule has 0 heterocycles. The molecule has 0 spiro atoms. The highest BCUT2D eigenvalue weighted by atomic mass is 16.6. The lowest BCUT2D eigenvalue weighted by Crippen LogP contribution is -2.32. The molecule has 6 nitrogen and oxygen atoms in total. The second-order valence-corrected chi connectivity index (χ2v) is 6.81. The molecule has 1 amide bonds. The zero-order chi connectivity index (χ0) is 18.6. The molecule has 2 aromatic rings. The molecule has 2 rings (SSSR count). The molecule has 25 heavy (non-hydrogen) atoms. The van der Waals surface area contributed by atoms with Crippen LogP contribution < -0.4 is 5.32 Å². The normalized spacial score (nSPS) is 11.0. The maximum absolute atomic E-state index is 11.7. The highest BCUT2D eigenvalue weighted by Crippen LogP contribution is 2.26. The molecule has 0 radical (unpaired) electrons. The standard InChI is InChI=1S/C19H22N2O4/c1-13-11-14(12-20-18(22)25-19(2,3)4)5-10-17(13)15-6-8-16(9-7-15)21(23)24/h5-11H,12H2,1-4H3,(H,20,22). The molecular weight excluding hydrogens is 320 g/mol. The first-order chi connectivity index (χ1) is 11.7.